The fourth-order valence-corrected chi connectivity index (χ4v) is 6.56. The van der Waals surface area contributed by atoms with E-state index in [0.29, 0.717) is 12.5 Å². The van der Waals surface area contributed by atoms with Crippen molar-refractivity contribution >= 4 is 5.97 Å². The standard InChI is InChI=1S/C31H34NO3/c33-31(30-27-13-6-4-9-24(27)22-25-10-5-7-14-28(25)30)35-29-21-23-15-18-32(29,19-16-23)17-8-20-34-26-11-2-1-3-12-26/h1-7,9-14,23,29-30H,8,15-22H2/q+1/t23?,29-,32?/m1/s1. The Morgan fingerprint density at radius 1 is 0.829 bits per heavy atom. The highest BCUT2D eigenvalue weighted by Crippen LogP contribution is 2.42. The smallest absolute Gasteiger partial charge is 0.322 e. The minimum absolute atomic E-state index is 0.0482. The van der Waals surface area contributed by atoms with Crippen LogP contribution in [-0.4, -0.2) is 42.9 Å². The first-order valence-electron chi connectivity index (χ1n) is 13.1. The highest BCUT2D eigenvalue weighted by molar-refractivity contribution is 5.84. The fourth-order valence-electron chi connectivity index (χ4n) is 6.56. The third-order valence-corrected chi connectivity index (χ3v) is 8.47. The van der Waals surface area contributed by atoms with E-state index < -0.39 is 0 Å². The van der Waals surface area contributed by atoms with Crippen LogP contribution in [0.25, 0.3) is 0 Å². The number of benzene rings is 3. The Labute approximate surface area is 208 Å². The largest absolute Gasteiger partial charge is 0.493 e. The molecule has 0 radical (unpaired) electrons. The number of quaternary nitrogens is 1. The minimum Gasteiger partial charge on any atom is -0.493 e. The van der Waals surface area contributed by atoms with Crippen molar-refractivity contribution in [1.82, 2.24) is 0 Å². The number of para-hydroxylation sites is 1. The van der Waals surface area contributed by atoms with Crippen LogP contribution >= 0.6 is 0 Å². The highest BCUT2D eigenvalue weighted by Gasteiger charge is 2.50. The fraction of sp³-hybridized carbons (Fsp3) is 0.387. The zero-order valence-corrected chi connectivity index (χ0v) is 20.3. The molecule has 35 heavy (non-hydrogen) atoms. The second-order valence-corrected chi connectivity index (χ2v) is 10.5. The third-order valence-electron chi connectivity index (χ3n) is 8.47. The number of rotatable bonds is 7. The Kier molecular flexibility index (Phi) is 6.07. The van der Waals surface area contributed by atoms with E-state index in [9.17, 15) is 4.79 Å². The molecule has 0 aromatic heterocycles. The quantitative estimate of drug-likeness (QED) is 0.254. The maximum absolute atomic E-state index is 13.9. The maximum Gasteiger partial charge on any atom is 0.322 e. The van der Waals surface area contributed by atoms with Crippen LogP contribution in [0.4, 0.5) is 0 Å². The van der Waals surface area contributed by atoms with Gasteiger partial charge < -0.3 is 9.47 Å². The molecule has 3 heterocycles. The second kappa shape index (κ2) is 9.50. The lowest BCUT2D eigenvalue weighted by Gasteiger charge is -2.53. The van der Waals surface area contributed by atoms with Gasteiger partial charge >= 0.3 is 5.97 Å². The molecular formula is C31H34NO3+. The van der Waals surface area contributed by atoms with Crippen molar-refractivity contribution in [3.63, 3.8) is 0 Å². The first-order chi connectivity index (χ1) is 17.2. The molecule has 1 aliphatic carbocycles. The predicted molar refractivity (Wildman–Crippen MR) is 136 cm³/mol. The molecule has 4 heteroatoms. The molecule has 1 atom stereocenters. The van der Waals surface area contributed by atoms with Crippen molar-refractivity contribution in [2.75, 3.05) is 26.2 Å². The summed E-state index contributed by atoms with van der Waals surface area (Å²) < 4.78 is 13.4. The molecule has 4 aliphatic rings. The molecule has 3 aromatic carbocycles. The van der Waals surface area contributed by atoms with E-state index in [2.05, 4.69) is 36.4 Å². The molecule has 0 spiro atoms. The number of hydrogen-bond acceptors (Lipinski definition) is 3. The Bertz CT molecular complexity index is 1140. The Balaban J connectivity index is 1.19. The Morgan fingerprint density at radius 2 is 1.46 bits per heavy atom. The zero-order chi connectivity index (χ0) is 23.7. The van der Waals surface area contributed by atoms with Gasteiger partial charge in [-0.05, 0) is 46.7 Å². The van der Waals surface area contributed by atoms with Crippen molar-refractivity contribution < 1.29 is 18.8 Å². The number of ether oxygens (including phenoxy) is 2. The Morgan fingerprint density at radius 3 is 2.14 bits per heavy atom. The van der Waals surface area contributed by atoms with Crippen LogP contribution in [-0.2, 0) is 16.0 Å². The zero-order valence-electron chi connectivity index (χ0n) is 20.3. The minimum atomic E-state index is -0.334. The SMILES string of the molecule is O=C(O[C@@H]1CC2CC[N+]1(CCCOc1ccccc1)CC2)C1c2ccccc2Cc2ccccc21. The second-order valence-electron chi connectivity index (χ2n) is 10.5. The van der Waals surface area contributed by atoms with Gasteiger partial charge in [-0.1, -0.05) is 66.7 Å². The number of hydrogen-bond donors (Lipinski definition) is 0. The van der Waals surface area contributed by atoms with Crippen LogP contribution < -0.4 is 4.74 Å². The number of esters is 1. The molecular weight excluding hydrogens is 434 g/mol. The van der Waals surface area contributed by atoms with E-state index in [-0.39, 0.29) is 18.1 Å². The lowest BCUT2D eigenvalue weighted by Crippen LogP contribution is -2.65. The van der Waals surface area contributed by atoms with Crippen molar-refractivity contribution in [2.24, 2.45) is 5.92 Å². The summed E-state index contributed by atoms with van der Waals surface area (Å²) in [6.45, 7) is 3.89. The first kappa shape index (κ1) is 22.4. The van der Waals surface area contributed by atoms with Gasteiger partial charge in [-0.3, -0.25) is 9.28 Å². The van der Waals surface area contributed by atoms with Gasteiger partial charge in [-0.2, -0.15) is 0 Å². The van der Waals surface area contributed by atoms with Gasteiger partial charge in [0, 0.05) is 25.7 Å². The average molecular weight is 469 g/mol. The molecule has 3 fully saturated rings. The van der Waals surface area contributed by atoms with Crippen LogP contribution in [0.3, 0.4) is 0 Å². The molecule has 0 saturated carbocycles. The molecule has 180 valence electrons. The summed E-state index contributed by atoms with van der Waals surface area (Å²) in [5, 5.41) is 0. The topological polar surface area (TPSA) is 35.5 Å². The van der Waals surface area contributed by atoms with Crippen LogP contribution in [0, 0.1) is 5.92 Å². The van der Waals surface area contributed by atoms with E-state index in [4.69, 9.17) is 9.47 Å². The van der Waals surface area contributed by atoms with Crippen LogP contribution in [0.2, 0.25) is 0 Å². The molecule has 2 bridgehead atoms. The summed E-state index contributed by atoms with van der Waals surface area (Å²) >= 11 is 0. The molecule has 3 aliphatic heterocycles. The van der Waals surface area contributed by atoms with Crippen molar-refractivity contribution in [1.29, 1.82) is 0 Å². The van der Waals surface area contributed by atoms with Crippen molar-refractivity contribution in [2.45, 2.75) is 44.2 Å². The van der Waals surface area contributed by atoms with Gasteiger partial charge in [-0.25, -0.2) is 0 Å². The maximum atomic E-state index is 13.9. The molecule has 0 N–H and O–H groups in total. The summed E-state index contributed by atoms with van der Waals surface area (Å²) in [4.78, 5) is 13.9. The van der Waals surface area contributed by atoms with Crippen LogP contribution in [0.15, 0.2) is 78.9 Å². The lowest BCUT2D eigenvalue weighted by molar-refractivity contribution is -0.984. The molecule has 0 unspecified atom stereocenters. The summed E-state index contributed by atoms with van der Waals surface area (Å²) in [5.41, 5.74) is 4.69. The van der Waals surface area contributed by atoms with Crippen LogP contribution in [0.5, 0.6) is 5.75 Å². The van der Waals surface area contributed by atoms with Gasteiger partial charge in [0.2, 0.25) is 6.23 Å². The highest BCUT2D eigenvalue weighted by atomic mass is 16.6. The van der Waals surface area contributed by atoms with Gasteiger partial charge in [-0.15, -0.1) is 0 Å². The van der Waals surface area contributed by atoms with E-state index in [1.807, 2.05) is 42.5 Å². The van der Waals surface area contributed by atoms with Crippen molar-refractivity contribution in [3.8, 4) is 5.75 Å². The van der Waals surface area contributed by atoms with Crippen LogP contribution in [0.1, 0.15) is 53.9 Å². The summed E-state index contributed by atoms with van der Waals surface area (Å²) in [5.74, 6) is 1.18. The monoisotopic (exact) mass is 468 g/mol. The van der Waals surface area contributed by atoms with Gasteiger partial charge in [0.15, 0.2) is 0 Å². The summed E-state index contributed by atoms with van der Waals surface area (Å²) in [6.07, 6.45) is 5.26. The van der Waals surface area contributed by atoms with Gasteiger partial charge in [0.25, 0.3) is 0 Å². The number of piperidine rings is 3. The molecule has 3 aromatic rings. The lowest BCUT2D eigenvalue weighted by atomic mass is 9.78. The Hall–Kier alpha value is -3.11. The molecule has 7 rings (SSSR count). The number of nitrogens with zero attached hydrogens (tertiary/aromatic N) is 1. The summed E-state index contributed by atoms with van der Waals surface area (Å²) in [6, 6.07) is 26.8. The van der Waals surface area contributed by atoms with E-state index in [1.54, 1.807) is 0 Å². The molecule has 4 nitrogen and oxygen atoms in total. The summed E-state index contributed by atoms with van der Waals surface area (Å²) in [7, 11) is 0. The number of fused-ring (bicyclic) bond motifs is 5. The van der Waals surface area contributed by atoms with E-state index in [0.717, 1.165) is 60.3 Å². The third kappa shape index (κ3) is 4.36. The van der Waals surface area contributed by atoms with E-state index in [1.165, 1.54) is 24.0 Å². The molecule has 3 saturated heterocycles. The molecule has 0 amide bonds. The number of carbonyl (C=O) groups is 1. The van der Waals surface area contributed by atoms with Crippen molar-refractivity contribution in [3.05, 3.63) is 101 Å². The van der Waals surface area contributed by atoms with Gasteiger partial charge in [0.05, 0.1) is 26.2 Å². The number of carbonyl (C=O) groups excluding carboxylic acids is 1. The first-order valence-corrected chi connectivity index (χ1v) is 13.1. The normalized spacial score (nSPS) is 24.9. The predicted octanol–water partition coefficient (Wildman–Crippen LogP) is 5.69. The average Bonchev–Trinajstić information content (AvgIpc) is 2.91. The van der Waals surface area contributed by atoms with Gasteiger partial charge in [0.1, 0.15) is 11.7 Å². The van der Waals surface area contributed by atoms with E-state index >= 15 is 0 Å².